The van der Waals surface area contributed by atoms with Crippen molar-refractivity contribution in [3.05, 3.63) is 84.0 Å². The van der Waals surface area contributed by atoms with E-state index in [0.29, 0.717) is 11.3 Å². The summed E-state index contributed by atoms with van der Waals surface area (Å²) < 4.78 is 21.7. The molecule has 3 rings (SSSR count). The second-order valence-corrected chi connectivity index (χ2v) is 6.78. The molecule has 150 valence electrons. The Hall–Kier alpha value is -3.41. The fourth-order valence-corrected chi connectivity index (χ4v) is 2.96. The van der Waals surface area contributed by atoms with Gasteiger partial charge in [0.05, 0.1) is 31.4 Å². The van der Waals surface area contributed by atoms with Crippen LogP contribution in [-0.4, -0.2) is 41.1 Å². The molecule has 1 unspecified atom stereocenters. The molecule has 0 spiro atoms. The maximum Gasteiger partial charge on any atom is 0.246 e. The van der Waals surface area contributed by atoms with E-state index in [1.807, 2.05) is 42.0 Å². The molecule has 0 saturated heterocycles. The van der Waals surface area contributed by atoms with E-state index in [9.17, 15) is 9.18 Å². The number of amides is 1. The van der Waals surface area contributed by atoms with Crippen LogP contribution >= 0.6 is 0 Å². The highest BCUT2D eigenvalue weighted by atomic mass is 19.1. The van der Waals surface area contributed by atoms with Crippen LogP contribution in [0.25, 0.3) is 11.8 Å². The number of carbonyl (C=O) groups excluding carboxylic acids is 1. The predicted molar refractivity (Wildman–Crippen MR) is 112 cm³/mol. The Bertz CT molecular complexity index is 998. The van der Waals surface area contributed by atoms with E-state index >= 15 is 0 Å². The number of alkyl halides is 1. The summed E-state index contributed by atoms with van der Waals surface area (Å²) in [6.07, 6.45) is 5.54. The molecule has 0 bridgehead atoms. The van der Waals surface area contributed by atoms with Gasteiger partial charge in [0.1, 0.15) is 11.9 Å². The summed E-state index contributed by atoms with van der Waals surface area (Å²) in [5, 5.41) is 0. The van der Waals surface area contributed by atoms with Crippen LogP contribution in [0, 0.1) is 6.92 Å². The number of hydrogen-bond donors (Lipinski definition) is 0. The lowest BCUT2D eigenvalue weighted by Gasteiger charge is -2.18. The zero-order valence-electron chi connectivity index (χ0n) is 16.7. The SMILES string of the molecule is COc1cc(C=CC(=O)N(C)CC(F)c2ccccc2)ccc1-n1cnc(C)c1. The Morgan fingerprint density at radius 1 is 1.28 bits per heavy atom. The van der Waals surface area contributed by atoms with Gasteiger partial charge in [-0.15, -0.1) is 0 Å². The van der Waals surface area contributed by atoms with Crippen molar-refractivity contribution in [2.45, 2.75) is 13.1 Å². The first-order valence-electron chi connectivity index (χ1n) is 9.29. The number of hydrogen-bond acceptors (Lipinski definition) is 3. The van der Waals surface area contributed by atoms with E-state index in [1.165, 1.54) is 11.0 Å². The molecule has 6 heteroatoms. The molecule has 1 atom stereocenters. The van der Waals surface area contributed by atoms with Gasteiger partial charge >= 0.3 is 0 Å². The molecule has 1 heterocycles. The Morgan fingerprint density at radius 2 is 2.03 bits per heavy atom. The number of aryl methyl sites for hydroxylation is 1. The second kappa shape index (κ2) is 9.19. The Morgan fingerprint density at radius 3 is 2.69 bits per heavy atom. The van der Waals surface area contributed by atoms with Gasteiger partial charge < -0.3 is 14.2 Å². The van der Waals surface area contributed by atoms with Crippen molar-refractivity contribution in [1.29, 1.82) is 0 Å². The number of halogens is 1. The largest absolute Gasteiger partial charge is 0.495 e. The molecular formula is C23H24FN3O2. The topological polar surface area (TPSA) is 47.4 Å². The van der Waals surface area contributed by atoms with Crippen LogP contribution < -0.4 is 4.74 Å². The maximum absolute atomic E-state index is 14.4. The first-order chi connectivity index (χ1) is 14.0. The molecular weight excluding hydrogens is 369 g/mol. The van der Waals surface area contributed by atoms with Crippen molar-refractivity contribution in [2.75, 3.05) is 20.7 Å². The standard InChI is InChI=1S/C23H24FN3O2/c1-17-14-27(16-25-17)21-11-9-18(13-22(21)29-3)10-12-23(28)26(2)15-20(24)19-7-5-4-6-8-19/h4-14,16,20H,15H2,1-3H3. The quantitative estimate of drug-likeness (QED) is 0.560. The molecule has 0 aliphatic rings. The molecule has 0 aliphatic heterocycles. The van der Waals surface area contributed by atoms with Crippen LogP contribution in [0.1, 0.15) is 23.0 Å². The molecule has 0 fully saturated rings. The first-order valence-corrected chi connectivity index (χ1v) is 9.29. The highest BCUT2D eigenvalue weighted by molar-refractivity contribution is 5.91. The number of methoxy groups -OCH3 is 1. The van der Waals surface area contributed by atoms with E-state index in [2.05, 4.69) is 4.98 Å². The summed E-state index contributed by atoms with van der Waals surface area (Å²) in [5.41, 5.74) is 3.14. The minimum Gasteiger partial charge on any atom is -0.495 e. The number of rotatable bonds is 7. The zero-order valence-corrected chi connectivity index (χ0v) is 16.7. The van der Waals surface area contributed by atoms with Crippen molar-refractivity contribution >= 4 is 12.0 Å². The summed E-state index contributed by atoms with van der Waals surface area (Å²) in [5.74, 6) is 0.398. The monoisotopic (exact) mass is 393 g/mol. The number of benzene rings is 2. The third-order valence-corrected chi connectivity index (χ3v) is 4.58. The van der Waals surface area contributed by atoms with Crippen LogP contribution in [0.4, 0.5) is 4.39 Å². The van der Waals surface area contributed by atoms with Gasteiger partial charge in [-0.3, -0.25) is 4.79 Å². The molecule has 3 aromatic rings. The van der Waals surface area contributed by atoms with Crippen molar-refractivity contribution in [3.63, 3.8) is 0 Å². The fourth-order valence-electron chi connectivity index (χ4n) is 2.96. The van der Waals surface area contributed by atoms with Crippen LogP contribution in [0.15, 0.2) is 67.1 Å². The fraction of sp³-hybridized carbons (Fsp3) is 0.217. The maximum atomic E-state index is 14.4. The van der Waals surface area contributed by atoms with Crippen LogP contribution in [-0.2, 0) is 4.79 Å². The minimum atomic E-state index is -1.23. The van der Waals surface area contributed by atoms with Gasteiger partial charge in [0.15, 0.2) is 0 Å². The first kappa shape index (κ1) is 20.3. The summed E-state index contributed by atoms with van der Waals surface area (Å²) in [7, 11) is 3.19. The minimum absolute atomic E-state index is 0.00454. The highest BCUT2D eigenvalue weighted by Gasteiger charge is 2.15. The summed E-state index contributed by atoms with van der Waals surface area (Å²) in [6, 6.07) is 14.5. The van der Waals surface area contributed by atoms with E-state index in [-0.39, 0.29) is 12.5 Å². The molecule has 0 aliphatic carbocycles. The molecule has 5 nitrogen and oxygen atoms in total. The molecule has 2 aromatic carbocycles. The normalized spacial score (nSPS) is 12.1. The third-order valence-electron chi connectivity index (χ3n) is 4.58. The van der Waals surface area contributed by atoms with E-state index < -0.39 is 6.17 Å². The molecule has 0 radical (unpaired) electrons. The summed E-state index contributed by atoms with van der Waals surface area (Å²) >= 11 is 0. The van der Waals surface area contributed by atoms with Crippen LogP contribution in [0.3, 0.4) is 0 Å². The lowest BCUT2D eigenvalue weighted by molar-refractivity contribution is -0.125. The summed E-state index contributed by atoms with van der Waals surface area (Å²) in [6.45, 7) is 1.91. The van der Waals surface area contributed by atoms with Gasteiger partial charge in [0.2, 0.25) is 5.91 Å². The Kier molecular flexibility index (Phi) is 6.44. The van der Waals surface area contributed by atoms with Gasteiger partial charge in [-0.25, -0.2) is 9.37 Å². The van der Waals surface area contributed by atoms with Gasteiger partial charge in [0, 0.05) is 19.3 Å². The molecule has 1 aromatic heterocycles. The lowest BCUT2D eigenvalue weighted by Crippen LogP contribution is -2.28. The van der Waals surface area contributed by atoms with E-state index in [4.69, 9.17) is 4.74 Å². The van der Waals surface area contributed by atoms with E-state index in [1.54, 1.807) is 50.8 Å². The molecule has 0 saturated carbocycles. The van der Waals surface area contributed by atoms with Gasteiger partial charge in [-0.05, 0) is 36.3 Å². The second-order valence-electron chi connectivity index (χ2n) is 6.78. The lowest BCUT2D eigenvalue weighted by atomic mass is 10.1. The van der Waals surface area contributed by atoms with E-state index in [0.717, 1.165) is 16.9 Å². The van der Waals surface area contributed by atoms with Crippen LogP contribution in [0.2, 0.25) is 0 Å². The smallest absolute Gasteiger partial charge is 0.246 e. The average Bonchev–Trinajstić information content (AvgIpc) is 3.18. The number of ether oxygens (including phenoxy) is 1. The van der Waals surface area contributed by atoms with Crippen molar-refractivity contribution in [3.8, 4) is 11.4 Å². The number of likely N-dealkylation sites (N-methyl/N-ethyl adjacent to an activating group) is 1. The third kappa shape index (κ3) is 5.10. The molecule has 29 heavy (non-hydrogen) atoms. The number of aromatic nitrogens is 2. The van der Waals surface area contributed by atoms with Crippen LogP contribution in [0.5, 0.6) is 5.75 Å². The van der Waals surface area contributed by atoms with Crippen molar-refractivity contribution < 1.29 is 13.9 Å². The average molecular weight is 393 g/mol. The highest BCUT2D eigenvalue weighted by Crippen LogP contribution is 2.25. The molecule has 1 amide bonds. The van der Waals surface area contributed by atoms with Crippen molar-refractivity contribution in [1.82, 2.24) is 14.5 Å². The Labute approximate surface area is 170 Å². The summed E-state index contributed by atoms with van der Waals surface area (Å²) in [4.78, 5) is 18.0. The zero-order chi connectivity index (χ0) is 20.8. The number of imidazole rings is 1. The molecule has 0 N–H and O–H groups in total. The van der Waals surface area contributed by atoms with Gasteiger partial charge in [-0.2, -0.15) is 0 Å². The van der Waals surface area contributed by atoms with Gasteiger partial charge in [0.25, 0.3) is 0 Å². The number of nitrogens with zero attached hydrogens (tertiary/aromatic N) is 3. The number of carbonyl (C=O) groups is 1. The Balaban J connectivity index is 1.67. The predicted octanol–water partition coefficient (Wildman–Crippen LogP) is 4.37. The van der Waals surface area contributed by atoms with Gasteiger partial charge in [-0.1, -0.05) is 36.4 Å². The van der Waals surface area contributed by atoms with Crippen molar-refractivity contribution in [2.24, 2.45) is 0 Å².